The minimum absolute atomic E-state index is 0.0454. The summed E-state index contributed by atoms with van der Waals surface area (Å²) in [5.74, 6) is -0.908. The molecule has 0 spiro atoms. The average Bonchev–Trinajstić information content (AvgIpc) is 3.34. The molecule has 0 bridgehead atoms. The number of esters is 2. The van der Waals surface area contributed by atoms with E-state index in [1.165, 1.54) is 77.0 Å². The van der Waals surface area contributed by atoms with E-state index < -0.39 is 32.5 Å². The number of ether oxygens (including phenoxy) is 2. The monoisotopic (exact) mass is 1020 g/mol. The number of phosphoric ester groups is 1. The predicted octanol–water partition coefficient (Wildman–Crippen LogP) is 17.0. The number of phosphoric acid groups is 1. The molecule has 0 saturated carbocycles. The Kier molecular flexibility index (Phi) is 49.7. The van der Waals surface area contributed by atoms with E-state index in [0.29, 0.717) is 23.9 Å². The Morgan fingerprint density at radius 1 is 0.431 bits per heavy atom. The minimum Gasteiger partial charge on any atom is -0.756 e. The zero-order valence-electron chi connectivity index (χ0n) is 46.3. The lowest BCUT2D eigenvalue weighted by atomic mass is 10.0. The molecule has 0 saturated heterocycles. The Morgan fingerprint density at radius 3 is 1.15 bits per heavy atom. The molecule has 0 aliphatic carbocycles. The number of likely N-dealkylation sites (N-methyl/N-ethyl adjacent to an activating group) is 1. The van der Waals surface area contributed by atoms with Gasteiger partial charge in [-0.3, -0.25) is 14.2 Å². The van der Waals surface area contributed by atoms with Crippen molar-refractivity contribution >= 4 is 19.8 Å². The summed E-state index contributed by atoms with van der Waals surface area (Å²) in [5.41, 5.74) is 0. The van der Waals surface area contributed by atoms with Gasteiger partial charge in [0.1, 0.15) is 19.8 Å². The van der Waals surface area contributed by atoms with Crippen LogP contribution in [0.2, 0.25) is 0 Å². The van der Waals surface area contributed by atoms with Crippen molar-refractivity contribution in [1.82, 2.24) is 0 Å². The maximum atomic E-state index is 12.8. The molecule has 0 heterocycles. The number of hydrogen-bond acceptors (Lipinski definition) is 8. The number of unbranched alkanes of at least 4 members (excludes halogenated alkanes) is 16. The van der Waals surface area contributed by atoms with E-state index >= 15 is 0 Å². The van der Waals surface area contributed by atoms with Gasteiger partial charge in [-0.05, 0) is 96.3 Å². The third kappa shape index (κ3) is 55.7. The molecule has 2 atom stereocenters. The molecule has 72 heavy (non-hydrogen) atoms. The number of rotatable bonds is 50. The highest BCUT2D eigenvalue weighted by atomic mass is 31.2. The third-order valence-corrected chi connectivity index (χ3v) is 12.4. The second-order valence-corrected chi connectivity index (χ2v) is 20.9. The van der Waals surface area contributed by atoms with Gasteiger partial charge >= 0.3 is 11.9 Å². The summed E-state index contributed by atoms with van der Waals surface area (Å²) < 4.78 is 34.0. The maximum absolute atomic E-state index is 12.8. The molecule has 0 amide bonds. The van der Waals surface area contributed by atoms with Crippen molar-refractivity contribution in [2.45, 2.75) is 213 Å². The number of carbonyl (C=O) groups is 2. The first-order valence-electron chi connectivity index (χ1n) is 28.2. The first-order valence-corrected chi connectivity index (χ1v) is 29.7. The molecule has 0 fully saturated rings. The first kappa shape index (κ1) is 68.4. The van der Waals surface area contributed by atoms with E-state index in [1.54, 1.807) is 0 Å². The molecule has 0 aliphatic heterocycles. The van der Waals surface area contributed by atoms with Gasteiger partial charge in [-0.1, -0.05) is 219 Å². The number of nitrogens with zero attached hydrogens (tertiary/aromatic N) is 1. The molecule has 2 unspecified atom stereocenters. The zero-order valence-corrected chi connectivity index (χ0v) is 47.2. The van der Waals surface area contributed by atoms with Crippen LogP contribution in [0.25, 0.3) is 0 Å². The van der Waals surface area contributed by atoms with Crippen LogP contribution < -0.4 is 4.89 Å². The van der Waals surface area contributed by atoms with Crippen molar-refractivity contribution < 1.29 is 42.1 Å². The molecule has 0 aromatic heterocycles. The number of hydrogen-bond donors (Lipinski definition) is 0. The van der Waals surface area contributed by atoms with E-state index in [-0.39, 0.29) is 26.1 Å². The number of quaternary nitrogens is 1. The van der Waals surface area contributed by atoms with Crippen molar-refractivity contribution in [3.63, 3.8) is 0 Å². The Balaban J connectivity index is 4.19. The van der Waals surface area contributed by atoms with Crippen LogP contribution in [-0.2, 0) is 32.7 Å². The van der Waals surface area contributed by atoms with Crippen LogP contribution in [0.15, 0.2) is 122 Å². The summed E-state index contributed by atoms with van der Waals surface area (Å²) in [6.07, 6.45) is 74.0. The van der Waals surface area contributed by atoms with Crippen LogP contribution in [0.4, 0.5) is 0 Å². The molecular formula is C62H104NO8P. The van der Waals surface area contributed by atoms with Gasteiger partial charge in [0, 0.05) is 12.8 Å². The summed E-state index contributed by atoms with van der Waals surface area (Å²) in [6.45, 7) is 3.93. The number of carbonyl (C=O) groups excluding carboxylic acids is 2. The van der Waals surface area contributed by atoms with Gasteiger partial charge in [-0.25, -0.2) is 0 Å². The molecule has 9 nitrogen and oxygen atoms in total. The van der Waals surface area contributed by atoms with Crippen LogP contribution in [0.5, 0.6) is 0 Å². The van der Waals surface area contributed by atoms with Gasteiger partial charge in [-0.2, -0.15) is 0 Å². The lowest BCUT2D eigenvalue weighted by molar-refractivity contribution is -0.870. The molecule has 410 valence electrons. The maximum Gasteiger partial charge on any atom is 0.306 e. The van der Waals surface area contributed by atoms with Crippen LogP contribution in [0, 0.1) is 0 Å². The Bertz CT molecular complexity index is 1630. The fourth-order valence-electron chi connectivity index (χ4n) is 7.19. The Hall–Kier alpha value is -3.59. The fourth-order valence-corrected chi connectivity index (χ4v) is 7.92. The lowest BCUT2D eigenvalue weighted by Gasteiger charge is -2.28. The first-order chi connectivity index (χ1) is 35.0. The molecular weight excluding hydrogens is 918 g/mol. The van der Waals surface area contributed by atoms with Crippen LogP contribution in [-0.4, -0.2) is 70.0 Å². The van der Waals surface area contributed by atoms with Crippen LogP contribution in [0.1, 0.15) is 206 Å². The third-order valence-electron chi connectivity index (χ3n) is 11.5. The summed E-state index contributed by atoms with van der Waals surface area (Å²) in [4.78, 5) is 37.8. The van der Waals surface area contributed by atoms with E-state index in [9.17, 15) is 19.0 Å². The van der Waals surface area contributed by atoms with E-state index in [4.69, 9.17) is 18.5 Å². The Morgan fingerprint density at radius 2 is 0.764 bits per heavy atom. The highest BCUT2D eigenvalue weighted by Crippen LogP contribution is 2.38. The Labute approximate surface area is 441 Å². The summed E-state index contributed by atoms with van der Waals surface area (Å²) in [7, 11) is 1.12. The van der Waals surface area contributed by atoms with Crippen molar-refractivity contribution in [2.24, 2.45) is 0 Å². The van der Waals surface area contributed by atoms with Crippen molar-refractivity contribution in [1.29, 1.82) is 0 Å². The quantitative estimate of drug-likeness (QED) is 0.0195. The van der Waals surface area contributed by atoms with Gasteiger partial charge in [0.2, 0.25) is 0 Å². The van der Waals surface area contributed by atoms with Crippen molar-refractivity contribution in [3.05, 3.63) is 122 Å². The summed E-state index contributed by atoms with van der Waals surface area (Å²) >= 11 is 0. The van der Waals surface area contributed by atoms with Crippen LogP contribution in [0.3, 0.4) is 0 Å². The standard InChI is InChI=1S/C62H104NO8P/c1-6-8-10-12-14-16-18-20-22-24-25-26-27-28-29-30-31-32-33-34-35-36-37-39-41-43-45-47-49-51-53-55-62(65)71-60(59-70-72(66,67)69-57-56-63(3,4)5)58-68-61(64)54-52-50-48-46-44-42-40-38-23-21-19-17-15-13-11-9-7-2/h8-11,14-17,20-23,25-26,28-29,40,42,46,48,60H,6-7,12-13,18-19,24,27,30-39,41,43-45,47,49-59H2,1-5H3/b10-8-,11-9-,16-14-,17-15-,22-20-,23-21-,26-25-,29-28-,42-40-,48-46-. The van der Waals surface area contributed by atoms with Gasteiger partial charge in [0.05, 0.1) is 27.7 Å². The molecule has 0 aromatic rings. The van der Waals surface area contributed by atoms with Crippen LogP contribution >= 0.6 is 7.82 Å². The number of allylic oxidation sites excluding steroid dienone is 20. The molecule has 0 aliphatic rings. The SMILES string of the molecule is CC/C=C\C/C=C\C/C=C\C/C=C\C/C=C\CCCCCCCCCCCCCCCCCC(=O)OC(COC(=O)CCC/C=C\C/C=C\C/C=C\C/C=C\C/C=C\CC)COP(=O)([O-])OCC[N+](C)(C)C. The predicted molar refractivity (Wildman–Crippen MR) is 305 cm³/mol. The largest absolute Gasteiger partial charge is 0.756 e. The van der Waals surface area contributed by atoms with Gasteiger partial charge in [0.25, 0.3) is 7.82 Å². The second kappa shape index (κ2) is 52.3. The molecule has 10 heteroatoms. The molecule has 0 radical (unpaired) electrons. The van der Waals surface area contributed by atoms with Crippen molar-refractivity contribution in [3.8, 4) is 0 Å². The highest BCUT2D eigenvalue weighted by molar-refractivity contribution is 7.45. The van der Waals surface area contributed by atoms with E-state index in [1.807, 2.05) is 21.1 Å². The molecule has 0 N–H and O–H groups in total. The van der Waals surface area contributed by atoms with E-state index in [0.717, 1.165) is 89.9 Å². The van der Waals surface area contributed by atoms with Gasteiger partial charge in [-0.15, -0.1) is 0 Å². The van der Waals surface area contributed by atoms with Gasteiger partial charge in [0.15, 0.2) is 6.10 Å². The minimum atomic E-state index is -4.65. The smallest absolute Gasteiger partial charge is 0.306 e. The van der Waals surface area contributed by atoms with Gasteiger partial charge < -0.3 is 27.9 Å². The highest BCUT2D eigenvalue weighted by Gasteiger charge is 2.21. The zero-order chi connectivity index (χ0) is 52.7. The normalized spacial score (nSPS) is 14.2. The average molecular weight is 1020 g/mol. The summed E-state index contributed by atoms with van der Waals surface area (Å²) in [5, 5.41) is 0. The van der Waals surface area contributed by atoms with Crippen molar-refractivity contribution in [2.75, 3.05) is 47.5 Å². The van der Waals surface area contributed by atoms with E-state index in [2.05, 4.69) is 135 Å². The fraction of sp³-hybridized carbons (Fsp3) is 0.645. The topological polar surface area (TPSA) is 111 Å². The molecule has 0 aromatic carbocycles. The molecule has 0 rings (SSSR count). The lowest BCUT2D eigenvalue weighted by Crippen LogP contribution is -2.37. The summed E-state index contributed by atoms with van der Waals surface area (Å²) in [6, 6.07) is 0. The second-order valence-electron chi connectivity index (χ2n) is 19.5.